The second kappa shape index (κ2) is 5.03. The highest BCUT2D eigenvalue weighted by Gasteiger charge is 2.07. The number of unbranched alkanes of at least 4 members (excludes halogenated alkanes) is 1. The number of terminal acetylenes is 1. The first kappa shape index (κ1) is 11.9. The molecule has 0 amide bonds. The molecule has 0 atom stereocenters. The van der Waals surface area contributed by atoms with Crippen molar-refractivity contribution in [3.8, 4) is 12.3 Å². The topological polar surface area (TPSA) is 0 Å². The highest BCUT2D eigenvalue weighted by Crippen LogP contribution is 2.22. The third kappa shape index (κ3) is 2.63. The zero-order chi connectivity index (χ0) is 11.4. The lowest BCUT2D eigenvalue weighted by Crippen LogP contribution is -1.99. The predicted octanol–water partition coefficient (Wildman–Crippen LogP) is 3.88. The molecule has 1 aromatic rings. The van der Waals surface area contributed by atoms with Crippen molar-refractivity contribution in [3.63, 3.8) is 0 Å². The van der Waals surface area contributed by atoms with E-state index in [-0.39, 0.29) is 0 Å². The summed E-state index contributed by atoms with van der Waals surface area (Å²) in [6.07, 6.45) is 8.37. The molecular weight excluding hydrogens is 180 g/mol. The molecule has 0 heterocycles. The first-order valence-corrected chi connectivity index (χ1v) is 5.57. The molecule has 80 valence electrons. The molecule has 0 spiro atoms. The van der Waals surface area contributed by atoms with Gasteiger partial charge in [-0.3, -0.25) is 0 Å². The summed E-state index contributed by atoms with van der Waals surface area (Å²) < 4.78 is 0. The molecule has 0 aliphatic heterocycles. The minimum absolute atomic E-state index is 0.881. The number of hydrogen-bond acceptors (Lipinski definition) is 0. The van der Waals surface area contributed by atoms with E-state index in [9.17, 15) is 0 Å². The maximum atomic E-state index is 5.27. The normalized spacial score (nSPS) is 10.1. The fraction of sp³-hybridized carbons (Fsp3) is 0.467. The van der Waals surface area contributed by atoms with Crippen molar-refractivity contribution in [2.24, 2.45) is 0 Å². The van der Waals surface area contributed by atoms with Crippen molar-refractivity contribution < 1.29 is 0 Å². The van der Waals surface area contributed by atoms with Gasteiger partial charge < -0.3 is 0 Å². The average molecular weight is 200 g/mol. The Bertz CT molecular complexity index is 391. The summed E-state index contributed by atoms with van der Waals surface area (Å²) in [7, 11) is 0. The van der Waals surface area contributed by atoms with Gasteiger partial charge in [0.05, 0.1) is 0 Å². The highest BCUT2D eigenvalue weighted by atomic mass is 14.1. The first-order chi connectivity index (χ1) is 7.07. The van der Waals surface area contributed by atoms with Crippen molar-refractivity contribution in [2.45, 2.75) is 47.0 Å². The molecule has 0 radical (unpaired) electrons. The van der Waals surface area contributed by atoms with E-state index in [1.165, 1.54) is 27.8 Å². The Morgan fingerprint density at radius 1 is 1.07 bits per heavy atom. The Balaban J connectivity index is 2.98. The van der Waals surface area contributed by atoms with Gasteiger partial charge in [-0.05, 0) is 68.4 Å². The molecule has 1 rings (SSSR count). The van der Waals surface area contributed by atoms with Gasteiger partial charge in [-0.25, -0.2) is 0 Å². The van der Waals surface area contributed by atoms with Crippen LogP contribution in [0.3, 0.4) is 0 Å². The van der Waals surface area contributed by atoms with Crippen LogP contribution in [0.25, 0.3) is 0 Å². The van der Waals surface area contributed by atoms with Gasteiger partial charge in [0.1, 0.15) is 0 Å². The SMILES string of the molecule is C#CCCCc1c(C)cc(C)c(C)c1C. The smallest absolute Gasteiger partial charge is 0.00892 e. The van der Waals surface area contributed by atoms with Gasteiger partial charge in [-0.1, -0.05) is 6.07 Å². The number of aryl methyl sites for hydroxylation is 2. The van der Waals surface area contributed by atoms with E-state index in [1.54, 1.807) is 0 Å². The summed E-state index contributed by atoms with van der Waals surface area (Å²) in [6, 6.07) is 2.29. The fourth-order valence-corrected chi connectivity index (χ4v) is 2.09. The van der Waals surface area contributed by atoms with Crippen molar-refractivity contribution in [1.29, 1.82) is 0 Å². The van der Waals surface area contributed by atoms with Crippen LogP contribution in [0.15, 0.2) is 6.07 Å². The molecule has 0 saturated heterocycles. The molecular formula is C15H20. The number of hydrogen-bond donors (Lipinski definition) is 0. The predicted molar refractivity (Wildman–Crippen MR) is 67.2 cm³/mol. The third-order valence-corrected chi connectivity index (χ3v) is 3.26. The molecule has 0 nitrogen and oxygen atoms in total. The summed E-state index contributed by atoms with van der Waals surface area (Å²) in [5, 5.41) is 0. The molecule has 15 heavy (non-hydrogen) atoms. The van der Waals surface area contributed by atoms with Gasteiger partial charge >= 0.3 is 0 Å². The molecule has 0 aliphatic carbocycles. The lowest BCUT2D eigenvalue weighted by Gasteiger charge is -2.14. The minimum Gasteiger partial charge on any atom is -0.120 e. The first-order valence-electron chi connectivity index (χ1n) is 5.57. The van der Waals surface area contributed by atoms with Gasteiger partial charge in [0.25, 0.3) is 0 Å². The summed E-state index contributed by atoms with van der Waals surface area (Å²) in [4.78, 5) is 0. The lowest BCUT2D eigenvalue weighted by molar-refractivity contribution is 0.843. The molecule has 0 saturated carbocycles. The van der Waals surface area contributed by atoms with Crippen LogP contribution in [0.4, 0.5) is 0 Å². The van der Waals surface area contributed by atoms with Gasteiger partial charge in [-0.2, -0.15) is 0 Å². The van der Waals surface area contributed by atoms with Gasteiger partial charge in [-0.15, -0.1) is 12.3 Å². The quantitative estimate of drug-likeness (QED) is 0.513. The molecule has 1 aromatic carbocycles. The standard InChI is InChI=1S/C15H20/c1-6-7-8-9-15-12(3)10-11(2)13(4)14(15)5/h1,10H,7-9H2,2-5H3. The summed E-state index contributed by atoms with van der Waals surface area (Å²) in [5.41, 5.74) is 7.17. The second-order valence-corrected chi connectivity index (χ2v) is 4.30. The Labute approximate surface area is 93.7 Å². The summed E-state index contributed by atoms with van der Waals surface area (Å²) >= 11 is 0. The molecule has 0 N–H and O–H groups in total. The highest BCUT2D eigenvalue weighted by molar-refractivity contribution is 5.43. The molecule has 0 unspecified atom stereocenters. The Morgan fingerprint density at radius 2 is 1.73 bits per heavy atom. The van der Waals surface area contributed by atoms with E-state index in [2.05, 4.69) is 39.7 Å². The minimum atomic E-state index is 0.881. The van der Waals surface area contributed by atoms with Crippen molar-refractivity contribution in [2.75, 3.05) is 0 Å². The largest absolute Gasteiger partial charge is 0.120 e. The Hall–Kier alpha value is -1.22. The van der Waals surface area contributed by atoms with E-state index >= 15 is 0 Å². The molecule has 0 aliphatic rings. The van der Waals surface area contributed by atoms with Crippen LogP contribution in [0.2, 0.25) is 0 Å². The summed E-state index contributed by atoms with van der Waals surface area (Å²) in [5.74, 6) is 2.70. The second-order valence-electron chi connectivity index (χ2n) is 4.30. The van der Waals surface area contributed by atoms with Gasteiger partial charge in [0, 0.05) is 6.42 Å². The Morgan fingerprint density at radius 3 is 2.33 bits per heavy atom. The van der Waals surface area contributed by atoms with E-state index in [0.717, 1.165) is 19.3 Å². The Kier molecular flexibility index (Phi) is 3.97. The van der Waals surface area contributed by atoms with E-state index in [0.29, 0.717) is 0 Å². The van der Waals surface area contributed by atoms with Crippen LogP contribution in [0, 0.1) is 40.0 Å². The van der Waals surface area contributed by atoms with Crippen LogP contribution in [0.5, 0.6) is 0 Å². The van der Waals surface area contributed by atoms with Crippen molar-refractivity contribution in [3.05, 3.63) is 33.9 Å². The van der Waals surface area contributed by atoms with Crippen LogP contribution in [-0.4, -0.2) is 0 Å². The average Bonchev–Trinajstić information content (AvgIpc) is 2.20. The molecule has 0 fully saturated rings. The van der Waals surface area contributed by atoms with Gasteiger partial charge in [0.2, 0.25) is 0 Å². The van der Waals surface area contributed by atoms with Crippen molar-refractivity contribution in [1.82, 2.24) is 0 Å². The number of rotatable bonds is 3. The molecule has 0 heteroatoms. The number of benzene rings is 1. The zero-order valence-electron chi connectivity index (χ0n) is 10.3. The molecule has 0 bridgehead atoms. The maximum Gasteiger partial charge on any atom is 0.00892 e. The monoisotopic (exact) mass is 200 g/mol. The van der Waals surface area contributed by atoms with Gasteiger partial charge in [0.15, 0.2) is 0 Å². The summed E-state index contributed by atoms with van der Waals surface area (Å²) in [6.45, 7) is 8.81. The fourth-order valence-electron chi connectivity index (χ4n) is 2.09. The van der Waals surface area contributed by atoms with Crippen LogP contribution >= 0.6 is 0 Å². The maximum absolute atomic E-state index is 5.27. The van der Waals surface area contributed by atoms with E-state index < -0.39 is 0 Å². The van der Waals surface area contributed by atoms with E-state index in [4.69, 9.17) is 6.42 Å². The van der Waals surface area contributed by atoms with Crippen molar-refractivity contribution >= 4 is 0 Å². The lowest BCUT2D eigenvalue weighted by atomic mass is 9.91. The molecule has 0 aromatic heterocycles. The van der Waals surface area contributed by atoms with E-state index in [1.807, 2.05) is 0 Å². The van der Waals surface area contributed by atoms with Crippen LogP contribution in [-0.2, 0) is 6.42 Å². The van der Waals surface area contributed by atoms with Crippen LogP contribution in [0.1, 0.15) is 40.7 Å². The zero-order valence-corrected chi connectivity index (χ0v) is 10.3. The van der Waals surface area contributed by atoms with Crippen LogP contribution < -0.4 is 0 Å². The third-order valence-electron chi connectivity index (χ3n) is 3.26.